The number of nitrogens with one attached hydrogen (secondary N) is 1. The zero-order valence-electron chi connectivity index (χ0n) is 13.7. The quantitative estimate of drug-likeness (QED) is 0.643. The van der Waals surface area contributed by atoms with E-state index < -0.39 is 0 Å². The molecule has 7 heteroatoms. The number of aromatic amines is 1. The second-order valence-corrected chi connectivity index (χ2v) is 6.81. The SMILES string of the molecule is CCOc1ccc(CN(C)Cn2[nH]c(-c3cccs3)nc2=S)cc1. The lowest BCUT2D eigenvalue weighted by Gasteiger charge is -2.17. The van der Waals surface area contributed by atoms with Crippen LogP contribution in [0.3, 0.4) is 0 Å². The molecule has 0 aliphatic heterocycles. The van der Waals surface area contributed by atoms with Gasteiger partial charge in [-0.3, -0.25) is 10.00 Å². The van der Waals surface area contributed by atoms with Crippen LogP contribution in [-0.4, -0.2) is 33.3 Å². The molecule has 0 aliphatic carbocycles. The average Bonchev–Trinajstić information content (AvgIpc) is 3.20. The lowest BCUT2D eigenvalue weighted by molar-refractivity contribution is 0.244. The fourth-order valence-electron chi connectivity index (χ4n) is 2.44. The molecule has 126 valence electrons. The first-order chi connectivity index (χ1) is 11.7. The second kappa shape index (κ2) is 7.74. The highest BCUT2D eigenvalue weighted by Crippen LogP contribution is 2.20. The molecule has 2 aromatic heterocycles. The van der Waals surface area contributed by atoms with Crippen LogP contribution >= 0.6 is 23.6 Å². The molecular formula is C17H20N4OS2. The van der Waals surface area contributed by atoms with Gasteiger partial charge < -0.3 is 4.74 Å². The largest absolute Gasteiger partial charge is 0.494 e. The molecule has 3 aromatic rings. The number of rotatable bonds is 7. The Morgan fingerprint density at radius 2 is 2.08 bits per heavy atom. The summed E-state index contributed by atoms with van der Waals surface area (Å²) in [6.45, 7) is 4.15. The van der Waals surface area contributed by atoms with Gasteiger partial charge in [0, 0.05) is 6.54 Å². The van der Waals surface area contributed by atoms with Crippen molar-refractivity contribution >= 4 is 23.6 Å². The van der Waals surface area contributed by atoms with E-state index in [0.29, 0.717) is 18.0 Å². The molecule has 1 N–H and O–H groups in total. The number of benzene rings is 1. The fourth-order valence-corrected chi connectivity index (χ4v) is 3.30. The summed E-state index contributed by atoms with van der Waals surface area (Å²) in [5.41, 5.74) is 1.23. The van der Waals surface area contributed by atoms with Crippen molar-refractivity contribution in [2.75, 3.05) is 13.7 Å². The number of aromatic nitrogens is 3. The van der Waals surface area contributed by atoms with E-state index >= 15 is 0 Å². The lowest BCUT2D eigenvalue weighted by Crippen LogP contribution is -2.22. The third kappa shape index (κ3) is 4.11. The summed E-state index contributed by atoms with van der Waals surface area (Å²) >= 11 is 7.00. The van der Waals surface area contributed by atoms with Crippen molar-refractivity contribution in [3.05, 3.63) is 52.1 Å². The zero-order chi connectivity index (χ0) is 16.9. The molecule has 0 amide bonds. The van der Waals surface area contributed by atoms with Gasteiger partial charge in [0.15, 0.2) is 5.82 Å². The molecule has 5 nitrogen and oxygen atoms in total. The molecule has 1 aromatic carbocycles. The molecule has 0 saturated carbocycles. The van der Waals surface area contributed by atoms with E-state index in [0.717, 1.165) is 23.0 Å². The minimum atomic E-state index is 0.567. The van der Waals surface area contributed by atoms with Gasteiger partial charge in [0.1, 0.15) is 5.75 Å². The zero-order valence-corrected chi connectivity index (χ0v) is 15.4. The first kappa shape index (κ1) is 16.9. The smallest absolute Gasteiger partial charge is 0.217 e. The van der Waals surface area contributed by atoms with Crippen LogP contribution in [-0.2, 0) is 13.2 Å². The Bertz CT molecular complexity index is 821. The van der Waals surface area contributed by atoms with Gasteiger partial charge in [0.2, 0.25) is 4.77 Å². The van der Waals surface area contributed by atoms with Crippen LogP contribution in [0.4, 0.5) is 0 Å². The highest BCUT2D eigenvalue weighted by molar-refractivity contribution is 7.71. The maximum atomic E-state index is 5.47. The molecule has 0 aliphatic rings. The normalized spacial score (nSPS) is 11.1. The van der Waals surface area contributed by atoms with Gasteiger partial charge in [-0.15, -0.1) is 11.3 Å². The first-order valence-electron chi connectivity index (χ1n) is 7.76. The Balaban J connectivity index is 1.64. The topological polar surface area (TPSA) is 46.1 Å². The first-order valence-corrected chi connectivity index (χ1v) is 9.05. The molecule has 0 atom stereocenters. The fraction of sp³-hybridized carbons (Fsp3) is 0.294. The number of hydrogen-bond donors (Lipinski definition) is 1. The van der Waals surface area contributed by atoms with Crippen LogP contribution in [0.1, 0.15) is 12.5 Å². The number of nitrogens with zero attached hydrogens (tertiary/aromatic N) is 3. The average molecular weight is 361 g/mol. The van der Waals surface area contributed by atoms with E-state index in [9.17, 15) is 0 Å². The van der Waals surface area contributed by atoms with Gasteiger partial charge in [0.25, 0.3) is 0 Å². The van der Waals surface area contributed by atoms with Crippen molar-refractivity contribution in [1.82, 2.24) is 19.7 Å². The predicted octanol–water partition coefficient (Wildman–Crippen LogP) is 4.16. The van der Waals surface area contributed by atoms with Crippen LogP contribution in [0, 0.1) is 4.77 Å². The minimum absolute atomic E-state index is 0.567. The van der Waals surface area contributed by atoms with Crippen molar-refractivity contribution in [3.63, 3.8) is 0 Å². The van der Waals surface area contributed by atoms with Crippen LogP contribution < -0.4 is 4.74 Å². The summed E-state index contributed by atoms with van der Waals surface area (Å²) in [6.07, 6.45) is 0. The summed E-state index contributed by atoms with van der Waals surface area (Å²) in [7, 11) is 2.06. The third-order valence-corrected chi connectivity index (χ3v) is 4.69. The summed E-state index contributed by atoms with van der Waals surface area (Å²) < 4.78 is 7.93. The molecule has 0 fully saturated rings. The van der Waals surface area contributed by atoms with Crippen LogP contribution in [0.5, 0.6) is 5.75 Å². The van der Waals surface area contributed by atoms with Crippen molar-refractivity contribution in [3.8, 4) is 16.5 Å². The van der Waals surface area contributed by atoms with Crippen LogP contribution in [0.2, 0.25) is 0 Å². The highest BCUT2D eigenvalue weighted by Gasteiger charge is 2.08. The van der Waals surface area contributed by atoms with E-state index in [4.69, 9.17) is 17.0 Å². The van der Waals surface area contributed by atoms with Gasteiger partial charge in [0.05, 0.1) is 18.2 Å². The Labute approximate surface area is 150 Å². The number of thiophene rings is 1. The maximum absolute atomic E-state index is 5.47. The van der Waals surface area contributed by atoms with E-state index in [-0.39, 0.29) is 0 Å². The molecule has 0 saturated heterocycles. The molecule has 0 unspecified atom stereocenters. The number of hydrogen-bond acceptors (Lipinski definition) is 5. The van der Waals surface area contributed by atoms with Crippen molar-refractivity contribution in [2.24, 2.45) is 0 Å². The summed E-state index contributed by atoms with van der Waals surface area (Å²) in [6, 6.07) is 12.2. The van der Waals surface area contributed by atoms with E-state index in [2.05, 4.69) is 34.2 Å². The van der Waals surface area contributed by atoms with E-state index in [1.165, 1.54) is 5.56 Å². The molecule has 0 bridgehead atoms. The predicted molar refractivity (Wildman–Crippen MR) is 99.8 cm³/mol. The monoisotopic (exact) mass is 360 g/mol. The molecule has 2 heterocycles. The van der Waals surface area contributed by atoms with Crippen LogP contribution in [0.25, 0.3) is 10.7 Å². The molecule has 0 spiro atoms. The van der Waals surface area contributed by atoms with Gasteiger partial charge in [-0.2, -0.15) is 4.98 Å². The molecule has 24 heavy (non-hydrogen) atoms. The van der Waals surface area contributed by atoms with Gasteiger partial charge in [-0.25, -0.2) is 4.68 Å². The Kier molecular flexibility index (Phi) is 5.44. The standard InChI is InChI=1S/C17H20N4OS2/c1-3-22-14-8-6-13(7-9-14)11-20(2)12-21-17(23)18-16(19-21)15-5-4-10-24-15/h4-10H,3,11-12H2,1-2H3,(H,18,19,23). The highest BCUT2D eigenvalue weighted by atomic mass is 32.1. The van der Waals surface area contributed by atoms with E-state index in [1.54, 1.807) is 11.3 Å². The minimum Gasteiger partial charge on any atom is -0.494 e. The summed E-state index contributed by atoms with van der Waals surface area (Å²) in [5.74, 6) is 1.73. The summed E-state index contributed by atoms with van der Waals surface area (Å²) in [4.78, 5) is 7.71. The number of H-pyrrole nitrogens is 1. The van der Waals surface area contributed by atoms with Crippen molar-refractivity contribution < 1.29 is 4.74 Å². The maximum Gasteiger partial charge on any atom is 0.217 e. The molecule has 0 radical (unpaired) electrons. The van der Waals surface area contributed by atoms with E-state index in [1.807, 2.05) is 41.3 Å². The second-order valence-electron chi connectivity index (χ2n) is 5.49. The van der Waals surface area contributed by atoms with Gasteiger partial charge >= 0.3 is 0 Å². The Morgan fingerprint density at radius 1 is 1.29 bits per heavy atom. The molecular weight excluding hydrogens is 340 g/mol. The third-order valence-electron chi connectivity index (χ3n) is 3.50. The lowest BCUT2D eigenvalue weighted by atomic mass is 10.2. The van der Waals surface area contributed by atoms with Crippen LogP contribution in [0.15, 0.2) is 41.8 Å². The van der Waals surface area contributed by atoms with Crippen molar-refractivity contribution in [1.29, 1.82) is 0 Å². The Morgan fingerprint density at radius 3 is 2.75 bits per heavy atom. The van der Waals surface area contributed by atoms with Gasteiger partial charge in [-0.1, -0.05) is 18.2 Å². The summed E-state index contributed by atoms with van der Waals surface area (Å²) in [5, 5.41) is 5.31. The van der Waals surface area contributed by atoms with Crippen molar-refractivity contribution in [2.45, 2.75) is 20.1 Å². The molecule has 3 rings (SSSR count). The Hall–Kier alpha value is -1.96. The van der Waals surface area contributed by atoms with Gasteiger partial charge in [-0.05, 0) is 55.3 Å². The number of ether oxygens (including phenoxy) is 1.